The number of carbonyl (C=O) groups is 1. The van der Waals surface area contributed by atoms with Gasteiger partial charge < -0.3 is 15.4 Å². The van der Waals surface area contributed by atoms with Gasteiger partial charge in [0.1, 0.15) is 5.75 Å². The van der Waals surface area contributed by atoms with Crippen molar-refractivity contribution in [1.29, 1.82) is 5.26 Å². The van der Waals surface area contributed by atoms with Crippen LogP contribution in [0.5, 0.6) is 5.75 Å². The summed E-state index contributed by atoms with van der Waals surface area (Å²) in [6.07, 6.45) is 4.02. The van der Waals surface area contributed by atoms with Gasteiger partial charge in [0.05, 0.1) is 30.0 Å². The quantitative estimate of drug-likeness (QED) is 0.657. The van der Waals surface area contributed by atoms with Crippen molar-refractivity contribution in [3.05, 3.63) is 83.7 Å². The van der Waals surface area contributed by atoms with Crippen LogP contribution >= 0.6 is 0 Å². The maximum absolute atomic E-state index is 12.4. The van der Waals surface area contributed by atoms with Gasteiger partial charge >= 0.3 is 0 Å². The molecule has 0 saturated carbocycles. The van der Waals surface area contributed by atoms with E-state index in [1.165, 1.54) is 6.20 Å². The molecule has 0 aliphatic rings. The van der Waals surface area contributed by atoms with E-state index in [0.29, 0.717) is 23.4 Å². The monoisotopic (exact) mass is 372 g/mol. The molecular formula is C22H20N4O2. The molecule has 0 aliphatic heterocycles. The molecule has 0 radical (unpaired) electrons. The average Bonchev–Trinajstić information content (AvgIpc) is 2.74. The Hall–Kier alpha value is -3.85. The summed E-state index contributed by atoms with van der Waals surface area (Å²) in [5.74, 6) is 0.578. The Morgan fingerprint density at radius 2 is 1.93 bits per heavy atom. The average molecular weight is 372 g/mol. The molecule has 3 aromatic rings. The highest BCUT2D eigenvalue weighted by Crippen LogP contribution is 2.15. The molecule has 0 atom stereocenters. The van der Waals surface area contributed by atoms with E-state index in [1.54, 1.807) is 43.6 Å². The molecule has 3 rings (SSSR count). The van der Waals surface area contributed by atoms with Gasteiger partial charge in [-0.15, -0.1) is 0 Å². The van der Waals surface area contributed by atoms with Gasteiger partial charge in [0.2, 0.25) is 0 Å². The molecule has 140 valence electrons. The van der Waals surface area contributed by atoms with E-state index in [0.717, 1.165) is 23.4 Å². The zero-order chi connectivity index (χ0) is 19.8. The zero-order valence-corrected chi connectivity index (χ0v) is 15.5. The Kier molecular flexibility index (Phi) is 6.21. The molecule has 6 nitrogen and oxygen atoms in total. The molecule has 0 bridgehead atoms. The number of benzene rings is 2. The van der Waals surface area contributed by atoms with Crippen LogP contribution in [0.25, 0.3) is 0 Å². The molecule has 0 aliphatic carbocycles. The third-order valence-corrected chi connectivity index (χ3v) is 4.15. The molecule has 0 spiro atoms. The molecule has 28 heavy (non-hydrogen) atoms. The molecule has 0 saturated heterocycles. The second-order valence-electron chi connectivity index (χ2n) is 6.13. The second kappa shape index (κ2) is 9.19. The van der Waals surface area contributed by atoms with Gasteiger partial charge in [0.15, 0.2) is 0 Å². The number of ether oxygens (including phenoxy) is 1. The Morgan fingerprint density at radius 3 is 2.68 bits per heavy atom. The van der Waals surface area contributed by atoms with Crippen LogP contribution in [0.1, 0.15) is 21.5 Å². The van der Waals surface area contributed by atoms with Gasteiger partial charge in [0.25, 0.3) is 5.91 Å². The lowest BCUT2D eigenvalue weighted by molar-refractivity contribution is 0.102. The minimum atomic E-state index is -0.256. The van der Waals surface area contributed by atoms with Crippen LogP contribution in [-0.2, 0) is 6.42 Å². The molecule has 1 aromatic heterocycles. The normalized spacial score (nSPS) is 10.0. The van der Waals surface area contributed by atoms with E-state index in [1.807, 2.05) is 30.3 Å². The lowest BCUT2D eigenvalue weighted by Crippen LogP contribution is -2.13. The number of nitrogens with zero attached hydrogens (tertiary/aromatic N) is 2. The van der Waals surface area contributed by atoms with Gasteiger partial charge in [-0.05, 0) is 54.4 Å². The Balaban J connectivity index is 1.58. The lowest BCUT2D eigenvalue weighted by Gasteiger charge is -2.09. The maximum atomic E-state index is 12.4. The first-order valence-electron chi connectivity index (χ1n) is 8.81. The van der Waals surface area contributed by atoms with Crippen molar-refractivity contribution in [2.45, 2.75) is 6.42 Å². The van der Waals surface area contributed by atoms with Gasteiger partial charge in [-0.2, -0.15) is 5.26 Å². The van der Waals surface area contributed by atoms with Crippen molar-refractivity contribution < 1.29 is 9.53 Å². The van der Waals surface area contributed by atoms with Crippen molar-refractivity contribution in [3.63, 3.8) is 0 Å². The Bertz CT molecular complexity index is 994. The molecule has 2 aromatic carbocycles. The van der Waals surface area contributed by atoms with Crippen LogP contribution in [0.2, 0.25) is 0 Å². The molecule has 1 amide bonds. The van der Waals surface area contributed by atoms with Crippen LogP contribution in [0, 0.1) is 11.3 Å². The van der Waals surface area contributed by atoms with Crippen LogP contribution in [0.15, 0.2) is 67.0 Å². The van der Waals surface area contributed by atoms with Crippen molar-refractivity contribution in [2.24, 2.45) is 0 Å². The Labute approximate surface area is 163 Å². The summed E-state index contributed by atoms with van der Waals surface area (Å²) in [5, 5.41) is 14.9. The number of carbonyl (C=O) groups excluding carboxylic acids is 1. The number of nitriles is 1. The minimum Gasteiger partial charge on any atom is -0.497 e. The summed E-state index contributed by atoms with van der Waals surface area (Å²) in [6.45, 7) is 0.704. The highest BCUT2D eigenvalue weighted by Gasteiger charge is 2.08. The number of pyridine rings is 1. The first-order chi connectivity index (χ1) is 13.7. The van der Waals surface area contributed by atoms with Gasteiger partial charge in [-0.25, -0.2) is 0 Å². The largest absolute Gasteiger partial charge is 0.497 e. The van der Waals surface area contributed by atoms with Crippen LogP contribution in [0.3, 0.4) is 0 Å². The van der Waals surface area contributed by atoms with E-state index in [9.17, 15) is 4.79 Å². The summed E-state index contributed by atoms with van der Waals surface area (Å²) in [6, 6.07) is 18.4. The predicted octanol–water partition coefficient (Wildman–Crippen LogP) is 3.87. The molecule has 1 heterocycles. The van der Waals surface area contributed by atoms with E-state index >= 15 is 0 Å². The highest BCUT2D eigenvalue weighted by atomic mass is 16.5. The lowest BCUT2D eigenvalue weighted by atomic mass is 10.1. The number of methoxy groups -OCH3 is 1. The number of nitrogens with one attached hydrogen (secondary N) is 2. The number of anilines is 2. The van der Waals surface area contributed by atoms with E-state index in [4.69, 9.17) is 10.00 Å². The Morgan fingerprint density at radius 1 is 1.11 bits per heavy atom. The minimum absolute atomic E-state index is 0.256. The third kappa shape index (κ3) is 5.08. The molecule has 0 fully saturated rings. The highest BCUT2D eigenvalue weighted by molar-refractivity contribution is 6.04. The number of hydrogen-bond acceptors (Lipinski definition) is 5. The summed E-state index contributed by atoms with van der Waals surface area (Å²) in [4.78, 5) is 16.6. The fourth-order valence-electron chi connectivity index (χ4n) is 2.67. The second-order valence-corrected chi connectivity index (χ2v) is 6.13. The molecule has 2 N–H and O–H groups in total. The topological polar surface area (TPSA) is 87.0 Å². The molecular weight excluding hydrogens is 352 g/mol. The predicted molar refractivity (Wildman–Crippen MR) is 109 cm³/mol. The number of rotatable bonds is 7. The smallest absolute Gasteiger partial charge is 0.257 e. The van der Waals surface area contributed by atoms with E-state index in [2.05, 4.69) is 15.6 Å². The first kappa shape index (κ1) is 18.9. The first-order valence-corrected chi connectivity index (χ1v) is 8.81. The SMILES string of the molecule is COc1cccc(CCNc2cncc(C(=O)Nc3ccc(C#N)cc3)c2)c1. The van der Waals surface area contributed by atoms with Gasteiger partial charge in [0, 0.05) is 24.6 Å². The zero-order valence-electron chi connectivity index (χ0n) is 15.5. The van der Waals surface area contributed by atoms with E-state index in [-0.39, 0.29) is 5.91 Å². The standard InChI is InChI=1S/C22H20N4O2/c1-28-21-4-2-3-16(11-21)9-10-25-20-12-18(14-24-15-20)22(27)26-19-7-5-17(13-23)6-8-19/h2-8,11-12,14-15,25H,9-10H2,1H3,(H,26,27). The molecule has 6 heteroatoms. The third-order valence-electron chi connectivity index (χ3n) is 4.15. The number of aromatic nitrogens is 1. The van der Waals surface area contributed by atoms with Crippen molar-refractivity contribution in [1.82, 2.24) is 4.98 Å². The van der Waals surface area contributed by atoms with E-state index < -0.39 is 0 Å². The fraction of sp³-hybridized carbons (Fsp3) is 0.136. The fourth-order valence-corrected chi connectivity index (χ4v) is 2.67. The molecule has 0 unspecified atom stereocenters. The van der Waals surface area contributed by atoms with Crippen molar-refractivity contribution in [2.75, 3.05) is 24.3 Å². The summed E-state index contributed by atoms with van der Waals surface area (Å²) in [5.41, 5.74) is 3.56. The van der Waals surface area contributed by atoms with Crippen molar-refractivity contribution >= 4 is 17.3 Å². The van der Waals surface area contributed by atoms with Crippen LogP contribution in [-0.4, -0.2) is 24.5 Å². The number of hydrogen-bond donors (Lipinski definition) is 2. The van der Waals surface area contributed by atoms with Gasteiger partial charge in [-0.3, -0.25) is 9.78 Å². The summed E-state index contributed by atoms with van der Waals surface area (Å²) < 4.78 is 5.23. The number of amides is 1. The summed E-state index contributed by atoms with van der Waals surface area (Å²) >= 11 is 0. The summed E-state index contributed by atoms with van der Waals surface area (Å²) in [7, 11) is 1.65. The van der Waals surface area contributed by atoms with Crippen LogP contribution in [0.4, 0.5) is 11.4 Å². The maximum Gasteiger partial charge on any atom is 0.257 e. The van der Waals surface area contributed by atoms with Crippen LogP contribution < -0.4 is 15.4 Å². The van der Waals surface area contributed by atoms with Gasteiger partial charge in [-0.1, -0.05) is 12.1 Å². The van der Waals surface area contributed by atoms with Crippen molar-refractivity contribution in [3.8, 4) is 11.8 Å².